The molecule has 0 unspecified atom stereocenters. The van der Waals surface area contributed by atoms with E-state index in [-0.39, 0.29) is 5.75 Å². The number of aryl methyl sites for hydroxylation is 2. The van der Waals surface area contributed by atoms with E-state index >= 15 is 0 Å². The second kappa shape index (κ2) is 6.89. The Bertz CT molecular complexity index is 811. The average molecular weight is 364 g/mol. The smallest absolute Gasteiger partial charge is 0.215 e. The molecule has 9 heteroatoms. The third-order valence-corrected chi connectivity index (χ3v) is 6.74. The lowest BCUT2D eigenvalue weighted by Crippen LogP contribution is -2.31. The van der Waals surface area contributed by atoms with E-state index in [1.54, 1.807) is 10.5 Å². The fraction of sp³-hybridized carbons (Fsp3) is 0.625. The zero-order chi connectivity index (χ0) is 17.3. The number of nitrogens with one attached hydrogen (secondary N) is 1. The maximum Gasteiger partial charge on any atom is 0.215 e. The molecular formula is C16H24N6O2S. The lowest BCUT2D eigenvalue weighted by atomic mass is 10.3. The van der Waals surface area contributed by atoms with E-state index in [0.29, 0.717) is 19.6 Å². The molecule has 2 aliphatic rings. The predicted molar refractivity (Wildman–Crippen MR) is 94.4 cm³/mol. The normalized spacial score (nSPS) is 19.0. The van der Waals surface area contributed by atoms with E-state index < -0.39 is 10.0 Å². The third kappa shape index (κ3) is 3.49. The minimum absolute atomic E-state index is 0.103. The second-order valence-electron chi connectivity index (χ2n) is 6.64. The summed E-state index contributed by atoms with van der Waals surface area (Å²) in [4.78, 5) is 4.41. The van der Waals surface area contributed by atoms with E-state index in [4.69, 9.17) is 0 Å². The minimum Gasteiger partial charge on any atom is -0.329 e. The molecule has 0 aliphatic carbocycles. The van der Waals surface area contributed by atoms with Crippen molar-refractivity contribution in [1.82, 2.24) is 29.0 Å². The molecule has 0 bridgehead atoms. The van der Waals surface area contributed by atoms with E-state index in [2.05, 4.69) is 15.4 Å². The maximum absolute atomic E-state index is 12.4. The highest BCUT2D eigenvalue weighted by Crippen LogP contribution is 2.20. The summed E-state index contributed by atoms with van der Waals surface area (Å²) < 4.78 is 30.4. The molecule has 4 rings (SSSR count). The van der Waals surface area contributed by atoms with Crippen molar-refractivity contribution in [2.45, 2.75) is 38.9 Å². The zero-order valence-electron chi connectivity index (χ0n) is 14.3. The van der Waals surface area contributed by atoms with Crippen LogP contribution in [0.25, 0.3) is 11.5 Å². The topological polar surface area (TPSA) is 85.0 Å². The van der Waals surface area contributed by atoms with Crippen LogP contribution in [0.5, 0.6) is 0 Å². The molecule has 25 heavy (non-hydrogen) atoms. The maximum atomic E-state index is 12.4. The molecule has 0 radical (unpaired) electrons. The SMILES string of the molecule is O=S(=O)(CCn1ccnc1-c1cc2n(n1)CCCNC2)N1CCCC1. The number of hydrogen-bond acceptors (Lipinski definition) is 5. The summed E-state index contributed by atoms with van der Waals surface area (Å²) in [7, 11) is -3.19. The largest absolute Gasteiger partial charge is 0.329 e. The average Bonchev–Trinajstić information content (AvgIpc) is 3.32. The number of sulfonamides is 1. The van der Waals surface area contributed by atoms with Crippen LogP contribution >= 0.6 is 0 Å². The van der Waals surface area contributed by atoms with Crippen molar-refractivity contribution in [1.29, 1.82) is 0 Å². The van der Waals surface area contributed by atoms with Crippen molar-refractivity contribution in [3.8, 4) is 11.5 Å². The van der Waals surface area contributed by atoms with Crippen molar-refractivity contribution in [2.75, 3.05) is 25.4 Å². The Morgan fingerprint density at radius 1 is 1.16 bits per heavy atom. The molecule has 2 aromatic heterocycles. The molecule has 0 spiro atoms. The number of nitrogens with zero attached hydrogens (tertiary/aromatic N) is 5. The molecule has 0 saturated carbocycles. The van der Waals surface area contributed by atoms with Crippen LogP contribution in [0.15, 0.2) is 18.5 Å². The van der Waals surface area contributed by atoms with Crippen molar-refractivity contribution in [3.05, 3.63) is 24.2 Å². The van der Waals surface area contributed by atoms with Gasteiger partial charge in [-0.25, -0.2) is 17.7 Å². The van der Waals surface area contributed by atoms with Crippen molar-refractivity contribution < 1.29 is 8.42 Å². The van der Waals surface area contributed by atoms with Crippen LogP contribution in [0.4, 0.5) is 0 Å². The first kappa shape index (κ1) is 16.7. The van der Waals surface area contributed by atoms with Gasteiger partial charge in [-0.1, -0.05) is 0 Å². The summed E-state index contributed by atoms with van der Waals surface area (Å²) in [6.07, 6.45) is 6.52. The van der Waals surface area contributed by atoms with E-state index in [0.717, 1.165) is 56.1 Å². The van der Waals surface area contributed by atoms with Crippen LogP contribution in [0.1, 0.15) is 25.0 Å². The van der Waals surface area contributed by atoms with Crippen LogP contribution in [0, 0.1) is 0 Å². The van der Waals surface area contributed by atoms with Gasteiger partial charge in [0.2, 0.25) is 10.0 Å². The predicted octanol–water partition coefficient (Wildman–Crippen LogP) is 0.665. The van der Waals surface area contributed by atoms with Gasteiger partial charge in [0.15, 0.2) is 5.82 Å². The van der Waals surface area contributed by atoms with Gasteiger partial charge in [-0.2, -0.15) is 5.10 Å². The summed E-state index contributed by atoms with van der Waals surface area (Å²) in [5.41, 5.74) is 1.95. The van der Waals surface area contributed by atoms with Crippen LogP contribution in [-0.4, -0.2) is 57.4 Å². The standard InChI is InChI=1S/C16H24N6O2S/c23-25(24,21-6-1-2-7-21)11-10-20-9-5-18-16(20)15-12-14-13-17-4-3-8-22(14)19-15/h5,9,12,17H,1-4,6-8,10-11,13H2. The Balaban J connectivity index is 1.51. The van der Waals surface area contributed by atoms with Crippen molar-refractivity contribution in [2.24, 2.45) is 0 Å². The molecule has 0 atom stereocenters. The van der Waals surface area contributed by atoms with Crippen LogP contribution in [-0.2, 0) is 29.7 Å². The highest BCUT2D eigenvalue weighted by atomic mass is 32.2. The Kier molecular flexibility index (Phi) is 4.61. The summed E-state index contributed by atoms with van der Waals surface area (Å²) >= 11 is 0. The molecule has 0 amide bonds. The molecule has 4 heterocycles. The Morgan fingerprint density at radius 3 is 2.84 bits per heavy atom. The van der Waals surface area contributed by atoms with Gasteiger partial charge in [0.05, 0.1) is 11.4 Å². The lowest BCUT2D eigenvalue weighted by molar-refractivity contribution is 0.474. The molecule has 1 N–H and O–H groups in total. The van der Waals surface area contributed by atoms with Crippen molar-refractivity contribution >= 4 is 10.0 Å². The van der Waals surface area contributed by atoms with Gasteiger partial charge in [0.25, 0.3) is 0 Å². The summed E-state index contributed by atoms with van der Waals surface area (Å²) in [5, 5.41) is 8.05. The summed E-state index contributed by atoms with van der Waals surface area (Å²) in [5.74, 6) is 0.836. The number of aromatic nitrogens is 4. The Hall–Kier alpha value is -1.71. The monoisotopic (exact) mass is 364 g/mol. The fourth-order valence-electron chi connectivity index (χ4n) is 3.50. The first-order valence-electron chi connectivity index (χ1n) is 8.90. The number of rotatable bonds is 5. The van der Waals surface area contributed by atoms with Crippen molar-refractivity contribution in [3.63, 3.8) is 0 Å². The minimum atomic E-state index is -3.19. The molecule has 136 valence electrons. The van der Waals surface area contributed by atoms with Gasteiger partial charge < -0.3 is 9.88 Å². The quantitative estimate of drug-likeness (QED) is 0.843. The van der Waals surface area contributed by atoms with Gasteiger partial charge >= 0.3 is 0 Å². The number of fused-ring (bicyclic) bond motifs is 1. The third-order valence-electron chi connectivity index (χ3n) is 4.89. The highest BCUT2D eigenvalue weighted by molar-refractivity contribution is 7.89. The molecule has 8 nitrogen and oxygen atoms in total. The summed E-state index contributed by atoms with van der Waals surface area (Å²) in [6, 6.07) is 2.05. The molecule has 0 aromatic carbocycles. The van der Waals surface area contributed by atoms with Crippen LogP contribution in [0.3, 0.4) is 0 Å². The Labute approximate surface area is 147 Å². The van der Waals surface area contributed by atoms with Crippen LogP contribution in [0.2, 0.25) is 0 Å². The zero-order valence-corrected chi connectivity index (χ0v) is 15.1. The molecule has 2 aromatic rings. The highest BCUT2D eigenvalue weighted by Gasteiger charge is 2.25. The molecule has 1 fully saturated rings. The molecule has 1 saturated heterocycles. The first-order valence-corrected chi connectivity index (χ1v) is 10.5. The van der Waals surface area contributed by atoms with Crippen LogP contribution < -0.4 is 5.32 Å². The lowest BCUT2D eigenvalue weighted by Gasteiger charge is -2.15. The fourth-order valence-corrected chi connectivity index (χ4v) is 5.00. The van der Waals surface area contributed by atoms with E-state index in [9.17, 15) is 8.42 Å². The first-order chi connectivity index (χ1) is 12.1. The van der Waals surface area contributed by atoms with E-state index in [1.807, 2.05) is 21.5 Å². The van der Waals surface area contributed by atoms with Gasteiger partial charge in [0, 0.05) is 45.1 Å². The molecule has 2 aliphatic heterocycles. The molecular weight excluding hydrogens is 340 g/mol. The van der Waals surface area contributed by atoms with E-state index in [1.165, 1.54) is 0 Å². The van der Waals surface area contributed by atoms with Gasteiger partial charge in [-0.05, 0) is 31.9 Å². The Morgan fingerprint density at radius 2 is 2.00 bits per heavy atom. The van der Waals surface area contributed by atoms with Gasteiger partial charge in [-0.3, -0.25) is 4.68 Å². The summed E-state index contributed by atoms with van der Waals surface area (Å²) in [6.45, 7) is 4.40. The number of hydrogen-bond donors (Lipinski definition) is 1. The second-order valence-corrected chi connectivity index (χ2v) is 8.73. The van der Waals surface area contributed by atoms with Gasteiger partial charge in [0.1, 0.15) is 5.69 Å². The van der Waals surface area contributed by atoms with Gasteiger partial charge in [-0.15, -0.1) is 0 Å². The number of imidazole rings is 1.